The molecule has 0 aliphatic heterocycles. The van der Waals surface area contributed by atoms with Crippen molar-refractivity contribution in [3.63, 3.8) is 0 Å². The molecule has 1 N–H and O–H groups in total. The summed E-state index contributed by atoms with van der Waals surface area (Å²) in [6.07, 6.45) is 4.55. The molecule has 0 radical (unpaired) electrons. The van der Waals surface area contributed by atoms with Gasteiger partial charge in [-0.25, -0.2) is 0 Å². The Bertz CT molecular complexity index is 539. The second-order valence-electron chi connectivity index (χ2n) is 5.11. The van der Waals surface area contributed by atoms with Crippen LogP contribution in [-0.2, 0) is 6.54 Å². The van der Waals surface area contributed by atoms with Gasteiger partial charge in [0.05, 0.1) is 40.6 Å². The maximum atomic E-state index is 6.38. The fraction of sp³-hybridized carbons (Fsp3) is 0.615. The van der Waals surface area contributed by atoms with E-state index < -0.39 is 0 Å². The smallest absolute Gasteiger partial charge is 0.0889 e. The van der Waals surface area contributed by atoms with E-state index in [9.17, 15) is 0 Å². The molecule has 0 aliphatic rings. The van der Waals surface area contributed by atoms with Gasteiger partial charge >= 0.3 is 0 Å². The van der Waals surface area contributed by atoms with Gasteiger partial charge in [-0.1, -0.05) is 23.0 Å². The molecule has 1 unspecified atom stereocenters. The highest BCUT2D eigenvalue weighted by atomic mass is 35.5. The Hall–Kier alpha value is -1.02. The quantitative estimate of drug-likeness (QED) is 0.803. The Morgan fingerprint density at radius 2 is 2.24 bits per heavy atom. The maximum absolute atomic E-state index is 6.38. The third kappa shape index (κ3) is 4.23. The van der Waals surface area contributed by atoms with Crippen LogP contribution in [0, 0.1) is 0 Å². The molecule has 0 fully saturated rings. The summed E-state index contributed by atoms with van der Waals surface area (Å²) in [5.41, 5.74) is 0.984. The van der Waals surface area contributed by atoms with Gasteiger partial charge in [-0.05, 0) is 38.6 Å². The Balaban J connectivity index is 2.28. The molecule has 0 saturated carbocycles. The summed E-state index contributed by atoms with van der Waals surface area (Å²) in [4.78, 5) is 3.18. The van der Waals surface area contributed by atoms with Crippen molar-refractivity contribution in [1.82, 2.24) is 29.6 Å². The van der Waals surface area contributed by atoms with Crippen LogP contribution in [0.4, 0.5) is 0 Å². The number of hydrogen-bond acceptors (Lipinski definition) is 6. The number of likely N-dealkylation sites (N-methyl/N-ethyl adjacent to an activating group) is 1. The van der Waals surface area contributed by atoms with Crippen LogP contribution in [0.1, 0.15) is 30.0 Å². The van der Waals surface area contributed by atoms with E-state index in [0.717, 1.165) is 36.6 Å². The second kappa shape index (κ2) is 7.84. The molecule has 2 aromatic rings. The lowest BCUT2D eigenvalue weighted by Crippen LogP contribution is -2.27. The zero-order chi connectivity index (χ0) is 15.2. The normalized spacial score (nSPS) is 13.0. The highest BCUT2D eigenvalue weighted by molar-refractivity contribution is 7.05. The summed E-state index contributed by atoms with van der Waals surface area (Å²) >= 11 is 7.77. The van der Waals surface area contributed by atoms with Crippen LogP contribution in [-0.4, -0.2) is 51.5 Å². The van der Waals surface area contributed by atoms with Crippen LogP contribution in [0.3, 0.4) is 0 Å². The lowest BCUT2D eigenvalue weighted by atomic mass is 10.1. The van der Waals surface area contributed by atoms with E-state index in [0.29, 0.717) is 5.02 Å². The number of nitrogens with zero attached hydrogens (tertiary/aromatic N) is 5. The van der Waals surface area contributed by atoms with E-state index in [-0.39, 0.29) is 6.04 Å². The molecule has 21 heavy (non-hydrogen) atoms. The average Bonchev–Trinajstić information content (AvgIpc) is 3.09. The van der Waals surface area contributed by atoms with Gasteiger partial charge in [-0.2, -0.15) is 5.10 Å². The number of aromatic nitrogens is 4. The minimum atomic E-state index is -0.0119. The minimum Gasteiger partial charge on any atom is -0.308 e. The molecule has 0 aromatic carbocycles. The zero-order valence-corrected chi connectivity index (χ0v) is 14.2. The van der Waals surface area contributed by atoms with Gasteiger partial charge in [-0.15, -0.1) is 5.10 Å². The molecule has 6 nitrogen and oxygen atoms in total. The molecule has 1 atom stereocenters. The number of rotatable bonds is 8. The van der Waals surface area contributed by atoms with E-state index in [1.165, 1.54) is 11.5 Å². The van der Waals surface area contributed by atoms with Crippen LogP contribution in [0.25, 0.3) is 0 Å². The van der Waals surface area contributed by atoms with Crippen molar-refractivity contribution in [3.05, 3.63) is 28.0 Å². The van der Waals surface area contributed by atoms with Crippen molar-refractivity contribution in [2.24, 2.45) is 0 Å². The molecule has 0 bridgehead atoms. The van der Waals surface area contributed by atoms with Crippen molar-refractivity contribution >= 4 is 23.1 Å². The van der Waals surface area contributed by atoms with Crippen molar-refractivity contribution in [3.8, 4) is 0 Å². The van der Waals surface area contributed by atoms with Crippen LogP contribution in [0.2, 0.25) is 5.02 Å². The Morgan fingerprint density at radius 3 is 2.86 bits per heavy atom. The molecule has 0 spiro atoms. The maximum Gasteiger partial charge on any atom is 0.0889 e. The molecular formula is C13H21ClN6S. The van der Waals surface area contributed by atoms with E-state index in [1.54, 1.807) is 12.4 Å². The van der Waals surface area contributed by atoms with Crippen molar-refractivity contribution < 1.29 is 0 Å². The summed E-state index contributed by atoms with van der Waals surface area (Å²) < 4.78 is 5.93. The van der Waals surface area contributed by atoms with Gasteiger partial charge in [0, 0.05) is 6.54 Å². The molecule has 2 aromatic heterocycles. The first-order chi connectivity index (χ1) is 10.1. The molecule has 0 aliphatic carbocycles. The summed E-state index contributed by atoms with van der Waals surface area (Å²) in [7, 11) is 4.09. The molecule has 2 heterocycles. The number of hydrogen-bond donors (Lipinski definition) is 1. The van der Waals surface area contributed by atoms with Gasteiger partial charge in [0.15, 0.2) is 0 Å². The molecule has 8 heteroatoms. The number of halogens is 1. The first-order valence-electron chi connectivity index (χ1n) is 7.00. The summed E-state index contributed by atoms with van der Waals surface area (Å²) in [6.45, 7) is 4.75. The van der Waals surface area contributed by atoms with Gasteiger partial charge in [0.2, 0.25) is 0 Å². The predicted octanol–water partition coefficient (Wildman–Crippen LogP) is 2.04. The monoisotopic (exact) mass is 328 g/mol. The highest BCUT2D eigenvalue weighted by Gasteiger charge is 2.23. The lowest BCUT2D eigenvalue weighted by Gasteiger charge is -2.19. The summed E-state index contributed by atoms with van der Waals surface area (Å²) in [5.74, 6) is 0. The largest absolute Gasteiger partial charge is 0.308 e. The van der Waals surface area contributed by atoms with Crippen molar-refractivity contribution in [2.75, 3.05) is 27.2 Å². The van der Waals surface area contributed by atoms with Gasteiger partial charge in [0.25, 0.3) is 0 Å². The van der Waals surface area contributed by atoms with E-state index >= 15 is 0 Å². The van der Waals surface area contributed by atoms with E-state index in [4.69, 9.17) is 11.6 Å². The van der Waals surface area contributed by atoms with Crippen LogP contribution in [0.5, 0.6) is 0 Å². The molecule has 116 valence electrons. The molecule has 0 amide bonds. The lowest BCUT2D eigenvalue weighted by molar-refractivity contribution is 0.365. The van der Waals surface area contributed by atoms with Gasteiger partial charge < -0.3 is 10.2 Å². The van der Waals surface area contributed by atoms with Crippen molar-refractivity contribution in [2.45, 2.75) is 25.9 Å². The second-order valence-corrected chi connectivity index (χ2v) is 6.34. The van der Waals surface area contributed by atoms with Crippen LogP contribution < -0.4 is 5.32 Å². The molecule has 0 saturated heterocycles. The average molecular weight is 329 g/mol. The van der Waals surface area contributed by atoms with Crippen LogP contribution >= 0.6 is 23.1 Å². The topological polar surface area (TPSA) is 58.9 Å². The van der Waals surface area contributed by atoms with Gasteiger partial charge in [-0.3, -0.25) is 4.68 Å². The van der Waals surface area contributed by atoms with Gasteiger partial charge in [0.1, 0.15) is 0 Å². The standard InChI is InChI=1S/C13H21ClN6S/c1-4-5-15-12(11-9-16-18-21-11)13-10(14)8-17-20(13)7-6-19(2)3/h8-9,12,15H,4-7H2,1-3H3. The fourth-order valence-electron chi connectivity index (χ4n) is 2.05. The first-order valence-corrected chi connectivity index (χ1v) is 8.15. The minimum absolute atomic E-state index is 0.0119. The van der Waals surface area contributed by atoms with E-state index in [2.05, 4.69) is 31.8 Å². The fourth-order valence-corrected chi connectivity index (χ4v) is 2.89. The number of nitrogens with one attached hydrogen (secondary N) is 1. The Labute approximate surface area is 134 Å². The molecular weight excluding hydrogens is 308 g/mol. The first kappa shape index (κ1) is 16.4. The van der Waals surface area contributed by atoms with E-state index in [1.807, 2.05) is 18.8 Å². The highest BCUT2D eigenvalue weighted by Crippen LogP contribution is 2.29. The Morgan fingerprint density at radius 1 is 1.43 bits per heavy atom. The van der Waals surface area contributed by atoms with Crippen LogP contribution in [0.15, 0.2) is 12.4 Å². The zero-order valence-electron chi connectivity index (χ0n) is 12.6. The third-order valence-electron chi connectivity index (χ3n) is 3.13. The SMILES string of the molecule is CCCNC(c1cnns1)c1c(Cl)cnn1CCN(C)C. The summed E-state index contributed by atoms with van der Waals surface area (Å²) in [5, 5.41) is 12.5. The third-order valence-corrected chi connectivity index (χ3v) is 4.15. The molecule has 2 rings (SSSR count). The predicted molar refractivity (Wildman–Crippen MR) is 85.8 cm³/mol. The Kier molecular flexibility index (Phi) is 6.10. The summed E-state index contributed by atoms with van der Waals surface area (Å²) in [6, 6.07) is -0.0119. The van der Waals surface area contributed by atoms with Crippen molar-refractivity contribution in [1.29, 1.82) is 0 Å².